The van der Waals surface area contributed by atoms with Crippen LogP contribution in [0.3, 0.4) is 0 Å². The lowest BCUT2D eigenvalue weighted by molar-refractivity contribution is -0.143. The lowest BCUT2D eigenvalue weighted by Gasteiger charge is -2.32. The van der Waals surface area contributed by atoms with E-state index in [2.05, 4.69) is 10.6 Å². The summed E-state index contributed by atoms with van der Waals surface area (Å²) in [5.74, 6) is -1.21. The Morgan fingerprint density at radius 2 is 1.74 bits per heavy atom. The van der Waals surface area contributed by atoms with Gasteiger partial charge in [0.05, 0.1) is 13.0 Å². The van der Waals surface area contributed by atoms with Gasteiger partial charge in [0.2, 0.25) is 11.8 Å². The van der Waals surface area contributed by atoms with Crippen molar-refractivity contribution in [1.29, 1.82) is 0 Å². The summed E-state index contributed by atoms with van der Waals surface area (Å²) in [6.45, 7) is 13.1. The fourth-order valence-corrected chi connectivity index (χ4v) is 3.41. The SMILES string of the molecule is CCCCN(C(=O)CNC(=O)OC(C)(C)C)C(C(=O)NCCC(=O)OCC)c1cc(C)ccc1C. The lowest BCUT2D eigenvalue weighted by atomic mass is 9.96. The molecule has 9 nitrogen and oxygen atoms in total. The Morgan fingerprint density at radius 1 is 1.06 bits per heavy atom. The molecule has 0 aliphatic heterocycles. The number of esters is 1. The van der Waals surface area contributed by atoms with Crippen LogP contribution in [0.2, 0.25) is 0 Å². The van der Waals surface area contributed by atoms with E-state index in [1.165, 1.54) is 4.90 Å². The molecule has 1 rings (SSSR count). The third kappa shape index (κ3) is 10.8. The molecule has 35 heavy (non-hydrogen) atoms. The van der Waals surface area contributed by atoms with E-state index in [1.807, 2.05) is 39.0 Å². The zero-order valence-corrected chi connectivity index (χ0v) is 22.2. The van der Waals surface area contributed by atoms with Gasteiger partial charge in [0, 0.05) is 13.1 Å². The van der Waals surface area contributed by atoms with Crippen LogP contribution in [-0.4, -0.2) is 60.6 Å². The molecule has 1 unspecified atom stereocenters. The van der Waals surface area contributed by atoms with Gasteiger partial charge in [0.25, 0.3) is 0 Å². The summed E-state index contributed by atoms with van der Waals surface area (Å²) in [5.41, 5.74) is 1.80. The summed E-state index contributed by atoms with van der Waals surface area (Å²) in [6, 6.07) is 4.82. The van der Waals surface area contributed by atoms with E-state index in [-0.39, 0.29) is 26.1 Å². The number of nitrogens with zero attached hydrogens (tertiary/aromatic N) is 1. The number of nitrogens with one attached hydrogen (secondary N) is 2. The number of hydrogen-bond acceptors (Lipinski definition) is 6. The normalized spacial score (nSPS) is 11.9. The number of hydrogen-bond donors (Lipinski definition) is 2. The van der Waals surface area contributed by atoms with Crippen molar-refractivity contribution in [1.82, 2.24) is 15.5 Å². The number of ether oxygens (including phenoxy) is 2. The van der Waals surface area contributed by atoms with Crippen molar-refractivity contribution in [2.24, 2.45) is 0 Å². The van der Waals surface area contributed by atoms with E-state index in [0.717, 1.165) is 17.5 Å². The molecule has 0 radical (unpaired) electrons. The minimum Gasteiger partial charge on any atom is -0.466 e. The highest BCUT2D eigenvalue weighted by Crippen LogP contribution is 2.26. The van der Waals surface area contributed by atoms with E-state index in [9.17, 15) is 19.2 Å². The highest BCUT2D eigenvalue weighted by Gasteiger charge is 2.32. The molecule has 0 saturated carbocycles. The van der Waals surface area contributed by atoms with Gasteiger partial charge in [-0.25, -0.2) is 4.79 Å². The number of rotatable bonds is 12. The summed E-state index contributed by atoms with van der Waals surface area (Å²) in [4.78, 5) is 52.0. The Balaban J connectivity index is 3.20. The van der Waals surface area contributed by atoms with Crippen LogP contribution in [0.5, 0.6) is 0 Å². The van der Waals surface area contributed by atoms with Crippen LogP contribution < -0.4 is 10.6 Å². The van der Waals surface area contributed by atoms with Crippen molar-refractivity contribution in [2.75, 3.05) is 26.2 Å². The van der Waals surface area contributed by atoms with Gasteiger partial charge in [0.1, 0.15) is 18.2 Å². The minimum absolute atomic E-state index is 0.0300. The highest BCUT2D eigenvalue weighted by molar-refractivity contribution is 5.91. The second kappa shape index (κ2) is 14.3. The number of aryl methyl sites for hydroxylation is 2. The van der Waals surface area contributed by atoms with E-state index in [0.29, 0.717) is 18.5 Å². The number of amides is 3. The Labute approximate surface area is 208 Å². The van der Waals surface area contributed by atoms with Crippen molar-refractivity contribution in [3.63, 3.8) is 0 Å². The van der Waals surface area contributed by atoms with Crippen molar-refractivity contribution < 1.29 is 28.7 Å². The molecule has 0 aromatic heterocycles. The number of carbonyl (C=O) groups excluding carboxylic acids is 4. The van der Waals surface area contributed by atoms with Crippen LogP contribution in [0.4, 0.5) is 4.79 Å². The molecule has 0 heterocycles. The maximum atomic E-state index is 13.4. The first-order valence-corrected chi connectivity index (χ1v) is 12.2. The van der Waals surface area contributed by atoms with Crippen LogP contribution in [0.25, 0.3) is 0 Å². The molecule has 0 fully saturated rings. The average molecular weight is 492 g/mol. The summed E-state index contributed by atoms with van der Waals surface area (Å²) < 4.78 is 10.2. The van der Waals surface area contributed by atoms with Gasteiger partial charge in [0.15, 0.2) is 0 Å². The fraction of sp³-hybridized carbons (Fsp3) is 0.615. The minimum atomic E-state index is -0.920. The summed E-state index contributed by atoms with van der Waals surface area (Å²) in [6.07, 6.45) is 0.814. The monoisotopic (exact) mass is 491 g/mol. The quantitative estimate of drug-likeness (QED) is 0.432. The van der Waals surface area contributed by atoms with Crippen LogP contribution in [-0.2, 0) is 23.9 Å². The van der Waals surface area contributed by atoms with Crippen molar-refractivity contribution in [3.05, 3.63) is 34.9 Å². The first kappa shape index (κ1) is 29.9. The predicted octanol–water partition coefficient (Wildman–Crippen LogP) is 3.57. The fourth-order valence-electron chi connectivity index (χ4n) is 3.41. The zero-order valence-electron chi connectivity index (χ0n) is 22.2. The van der Waals surface area contributed by atoms with E-state index in [1.54, 1.807) is 27.7 Å². The number of unbranched alkanes of at least 4 members (excludes halogenated alkanes) is 1. The molecule has 3 amide bonds. The molecular weight excluding hydrogens is 450 g/mol. The molecule has 1 aromatic rings. The van der Waals surface area contributed by atoms with Gasteiger partial charge in [-0.05, 0) is 59.1 Å². The Morgan fingerprint density at radius 3 is 2.34 bits per heavy atom. The molecule has 0 aliphatic rings. The van der Waals surface area contributed by atoms with Gasteiger partial charge in [-0.15, -0.1) is 0 Å². The molecule has 196 valence electrons. The molecule has 0 bridgehead atoms. The van der Waals surface area contributed by atoms with Gasteiger partial charge >= 0.3 is 12.1 Å². The number of alkyl carbamates (subject to hydrolysis) is 1. The number of carbonyl (C=O) groups is 4. The van der Waals surface area contributed by atoms with Crippen LogP contribution in [0.15, 0.2) is 18.2 Å². The first-order valence-electron chi connectivity index (χ1n) is 12.2. The smallest absolute Gasteiger partial charge is 0.408 e. The maximum absolute atomic E-state index is 13.4. The molecule has 1 atom stereocenters. The number of benzene rings is 1. The molecular formula is C26H41N3O6. The molecule has 0 aliphatic carbocycles. The van der Waals surface area contributed by atoms with E-state index < -0.39 is 35.5 Å². The van der Waals surface area contributed by atoms with Gasteiger partial charge in [-0.1, -0.05) is 37.1 Å². The van der Waals surface area contributed by atoms with Crippen molar-refractivity contribution >= 4 is 23.9 Å². The molecule has 9 heteroatoms. The maximum Gasteiger partial charge on any atom is 0.408 e. The van der Waals surface area contributed by atoms with Crippen LogP contribution in [0, 0.1) is 13.8 Å². The van der Waals surface area contributed by atoms with Gasteiger partial charge < -0.3 is 25.0 Å². The van der Waals surface area contributed by atoms with Crippen LogP contribution in [0.1, 0.15) is 76.6 Å². The second-order valence-corrected chi connectivity index (χ2v) is 9.40. The topological polar surface area (TPSA) is 114 Å². The van der Waals surface area contributed by atoms with E-state index in [4.69, 9.17) is 9.47 Å². The molecule has 0 saturated heterocycles. The lowest BCUT2D eigenvalue weighted by Crippen LogP contribution is -2.48. The van der Waals surface area contributed by atoms with Crippen molar-refractivity contribution in [3.8, 4) is 0 Å². The van der Waals surface area contributed by atoms with Gasteiger partial charge in [-0.2, -0.15) is 0 Å². The summed E-state index contributed by atoms with van der Waals surface area (Å²) in [5, 5.41) is 5.27. The molecule has 1 aromatic carbocycles. The summed E-state index contributed by atoms with van der Waals surface area (Å²) >= 11 is 0. The van der Waals surface area contributed by atoms with Crippen LogP contribution >= 0.6 is 0 Å². The Hall–Kier alpha value is -3.10. The predicted molar refractivity (Wildman–Crippen MR) is 134 cm³/mol. The van der Waals surface area contributed by atoms with E-state index >= 15 is 0 Å². The van der Waals surface area contributed by atoms with Crippen molar-refractivity contribution in [2.45, 2.75) is 79.4 Å². The summed E-state index contributed by atoms with van der Waals surface area (Å²) in [7, 11) is 0. The zero-order chi connectivity index (χ0) is 26.6. The standard InChI is InChI=1S/C26H41N3O6/c1-8-10-15-29(21(30)17-28-25(33)35-26(5,6)7)23(20-16-18(3)11-12-19(20)4)24(32)27-14-13-22(31)34-9-2/h11-12,16,23H,8-10,13-15,17H2,1-7H3,(H,27,32)(H,28,33). The molecule has 2 N–H and O–H groups in total. The first-order chi connectivity index (χ1) is 16.4. The second-order valence-electron chi connectivity index (χ2n) is 9.40. The molecule has 0 spiro atoms. The highest BCUT2D eigenvalue weighted by atomic mass is 16.6. The third-order valence-electron chi connectivity index (χ3n) is 5.08. The third-order valence-corrected chi connectivity index (χ3v) is 5.08. The Kier molecular flexibility index (Phi) is 12.3. The largest absolute Gasteiger partial charge is 0.466 e. The Bertz CT molecular complexity index is 878. The average Bonchev–Trinajstić information content (AvgIpc) is 2.75. The van der Waals surface area contributed by atoms with Gasteiger partial charge in [-0.3, -0.25) is 14.4 Å².